The van der Waals surface area contributed by atoms with Crippen molar-refractivity contribution in [3.05, 3.63) is 57.8 Å². The Morgan fingerprint density at radius 3 is 2.65 bits per heavy atom. The summed E-state index contributed by atoms with van der Waals surface area (Å²) in [4.78, 5) is 0.929. The fourth-order valence-corrected chi connectivity index (χ4v) is 2.62. The summed E-state index contributed by atoms with van der Waals surface area (Å²) < 4.78 is 26.7. The van der Waals surface area contributed by atoms with Gasteiger partial charge in [-0.25, -0.2) is 8.78 Å². The van der Waals surface area contributed by atoms with Gasteiger partial charge in [0.05, 0.1) is 5.60 Å². The normalized spacial score (nSPS) is 14.6. The van der Waals surface area contributed by atoms with E-state index < -0.39 is 17.2 Å². The predicted octanol–water partition coefficient (Wildman–Crippen LogP) is 3.48. The Morgan fingerprint density at radius 1 is 1.24 bits per heavy atom. The quantitative estimate of drug-likeness (QED) is 0.889. The molecule has 2 rings (SSSR count). The number of rotatable bonds is 3. The maximum atomic E-state index is 13.6. The lowest BCUT2D eigenvalue weighted by atomic mass is 9.91. The molecule has 0 saturated carbocycles. The monoisotopic (exact) mass is 254 g/mol. The van der Waals surface area contributed by atoms with E-state index in [1.165, 1.54) is 30.4 Å². The Kier molecular flexibility index (Phi) is 3.26. The van der Waals surface area contributed by atoms with Gasteiger partial charge in [-0.2, -0.15) is 0 Å². The molecule has 1 atom stereocenters. The highest BCUT2D eigenvalue weighted by Crippen LogP contribution is 2.29. The standard InChI is InChI=1S/C13H12F2OS/c1-13(16,8-9-4-3-7-17-9)10-5-2-6-11(14)12(10)15/h2-7,16H,8H2,1H3. The molecule has 1 N–H and O–H groups in total. The summed E-state index contributed by atoms with van der Waals surface area (Å²) in [6.45, 7) is 1.49. The highest BCUT2D eigenvalue weighted by Gasteiger charge is 2.28. The van der Waals surface area contributed by atoms with Gasteiger partial charge >= 0.3 is 0 Å². The maximum absolute atomic E-state index is 13.6. The van der Waals surface area contributed by atoms with Gasteiger partial charge in [0.25, 0.3) is 0 Å². The topological polar surface area (TPSA) is 20.2 Å². The van der Waals surface area contributed by atoms with Crippen LogP contribution in [0.25, 0.3) is 0 Å². The molecule has 0 aliphatic rings. The van der Waals surface area contributed by atoms with Gasteiger partial charge in [0.2, 0.25) is 0 Å². The molecule has 0 aliphatic carbocycles. The molecule has 4 heteroatoms. The third-order valence-electron chi connectivity index (χ3n) is 2.63. The average molecular weight is 254 g/mol. The number of hydrogen-bond donors (Lipinski definition) is 1. The van der Waals surface area contributed by atoms with Gasteiger partial charge in [0.1, 0.15) is 0 Å². The smallest absolute Gasteiger partial charge is 0.164 e. The summed E-state index contributed by atoms with van der Waals surface area (Å²) in [5.74, 6) is -1.91. The molecule has 17 heavy (non-hydrogen) atoms. The van der Waals surface area contributed by atoms with Gasteiger partial charge in [0, 0.05) is 16.9 Å². The predicted molar refractivity (Wildman–Crippen MR) is 64.0 cm³/mol. The Bertz CT molecular complexity index is 506. The van der Waals surface area contributed by atoms with Gasteiger partial charge in [0.15, 0.2) is 11.6 Å². The zero-order chi connectivity index (χ0) is 12.5. The fraction of sp³-hybridized carbons (Fsp3) is 0.231. The van der Waals surface area contributed by atoms with E-state index in [1.807, 2.05) is 17.5 Å². The van der Waals surface area contributed by atoms with Crippen LogP contribution in [0.4, 0.5) is 8.78 Å². The highest BCUT2D eigenvalue weighted by molar-refractivity contribution is 7.09. The first-order valence-electron chi connectivity index (χ1n) is 5.20. The second-order valence-electron chi connectivity index (χ2n) is 4.13. The van der Waals surface area contributed by atoms with Crippen LogP contribution in [0.1, 0.15) is 17.4 Å². The molecular weight excluding hydrogens is 242 g/mol. The second kappa shape index (κ2) is 4.55. The summed E-state index contributed by atoms with van der Waals surface area (Å²) in [7, 11) is 0. The minimum Gasteiger partial charge on any atom is -0.385 e. The molecule has 0 spiro atoms. The zero-order valence-corrected chi connectivity index (χ0v) is 10.1. The lowest BCUT2D eigenvalue weighted by Gasteiger charge is -2.23. The van der Waals surface area contributed by atoms with Gasteiger partial charge in [-0.1, -0.05) is 18.2 Å². The molecule has 2 aromatic rings. The van der Waals surface area contributed by atoms with Crippen molar-refractivity contribution in [3.63, 3.8) is 0 Å². The number of thiophene rings is 1. The summed E-state index contributed by atoms with van der Waals surface area (Å²) >= 11 is 1.48. The first-order valence-corrected chi connectivity index (χ1v) is 6.08. The summed E-state index contributed by atoms with van der Waals surface area (Å²) in [6.07, 6.45) is 0.269. The Morgan fingerprint density at radius 2 is 2.00 bits per heavy atom. The van der Waals surface area contributed by atoms with Gasteiger partial charge in [-0.3, -0.25) is 0 Å². The minimum absolute atomic E-state index is 0.00843. The van der Waals surface area contributed by atoms with Crippen molar-refractivity contribution in [2.24, 2.45) is 0 Å². The third kappa shape index (κ3) is 2.53. The lowest BCUT2D eigenvalue weighted by Crippen LogP contribution is -2.25. The molecule has 1 nitrogen and oxygen atoms in total. The Labute approximate surface area is 102 Å². The van der Waals surface area contributed by atoms with Gasteiger partial charge in [-0.15, -0.1) is 11.3 Å². The van der Waals surface area contributed by atoms with E-state index in [-0.39, 0.29) is 12.0 Å². The first kappa shape index (κ1) is 12.2. The highest BCUT2D eigenvalue weighted by atomic mass is 32.1. The van der Waals surface area contributed by atoms with Crippen molar-refractivity contribution in [3.8, 4) is 0 Å². The molecule has 0 radical (unpaired) electrons. The summed E-state index contributed by atoms with van der Waals surface area (Å²) in [6, 6.07) is 7.57. The van der Waals surface area contributed by atoms with Crippen LogP contribution < -0.4 is 0 Å². The van der Waals surface area contributed by atoms with E-state index in [4.69, 9.17) is 0 Å². The van der Waals surface area contributed by atoms with E-state index in [9.17, 15) is 13.9 Å². The number of halogens is 2. The van der Waals surface area contributed by atoms with Crippen LogP contribution in [-0.2, 0) is 12.0 Å². The van der Waals surface area contributed by atoms with Crippen LogP contribution in [-0.4, -0.2) is 5.11 Å². The van der Waals surface area contributed by atoms with Crippen LogP contribution in [0.5, 0.6) is 0 Å². The van der Waals surface area contributed by atoms with E-state index in [2.05, 4.69) is 0 Å². The van der Waals surface area contributed by atoms with Gasteiger partial charge in [-0.05, 0) is 24.4 Å². The van der Waals surface area contributed by atoms with Crippen molar-refractivity contribution in [1.82, 2.24) is 0 Å². The largest absolute Gasteiger partial charge is 0.385 e. The van der Waals surface area contributed by atoms with Crippen molar-refractivity contribution >= 4 is 11.3 Å². The Balaban J connectivity index is 2.34. The molecule has 1 unspecified atom stereocenters. The molecule has 1 heterocycles. The first-order chi connectivity index (χ1) is 8.00. The second-order valence-corrected chi connectivity index (χ2v) is 5.16. The van der Waals surface area contributed by atoms with E-state index in [0.717, 1.165) is 10.9 Å². The molecule has 1 aromatic heterocycles. The molecular formula is C13H12F2OS. The van der Waals surface area contributed by atoms with E-state index in [1.54, 1.807) is 0 Å². The molecule has 0 fully saturated rings. The Hall–Kier alpha value is -1.26. The maximum Gasteiger partial charge on any atom is 0.164 e. The fourth-order valence-electron chi connectivity index (χ4n) is 1.77. The van der Waals surface area contributed by atoms with Crippen molar-refractivity contribution in [1.29, 1.82) is 0 Å². The minimum atomic E-state index is -1.41. The van der Waals surface area contributed by atoms with Crippen LogP contribution in [0.2, 0.25) is 0 Å². The lowest BCUT2D eigenvalue weighted by molar-refractivity contribution is 0.0539. The van der Waals surface area contributed by atoms with E-state index >= 15 is 0 Å². The number of benzene rings is 1. The third-order valence-corrected chi connectivity index (χ3v) is 3.51. The summed E-state index contributed by atoms with van der Waals surface area (Å²) in [5.41, 5.74) is -1.41. The van der Waals surface area contributed by atoms with Crippen LogP contribution in [0.3, 0.4) is 0 Å². The number of hydrogen-bond acceptors (Lipinski definition) is 2. The summed E-state index contributed by atoms with van der Waals surface area (Å²) in [5, 5.41) is 12.1. The SMILES string of the molecule is CC(O)(Cc1cccs1)c1cccc(F)c1F. The molecule has 1 aromatic carbocycles. The molecule has 90 valence electrons. The number of aliphatic hydroxyl groups is 1. The molecule has 0 bridgehead atoms. The van der Waals surface area contributed by atoms with E-state index in [0.29, 0.717) is 0 Å². The van der Waals surface area contributed by atoms with Crippen LogP contribution in [0.15, 0.2) is 35.7 Å². The van der Waals surface area contributed by atoms with Crippen LogP contribution >= 0.6 is 11.3 Å². The van der Waals surface area contributed by atoms with Crippen LogP contribution in [0, 0.1) is 11.6 Å². The zero-order valence-electron chi connectivity index (χ0n) is 9.28. The molecule has 0 amide bonds. The van der Waals surface area contributed by atoms with Gasteiger partial charge < -0.3 is 5.11 Å². The average Bonchev–Trinajstić information content (AvgIpc) is 2.73. The van der Waals surface area contributed by atoms with Crippen molar-refractivity contribution < 1.29 is 13.9 Å². The molecule has 0 aliphatic heterocycles. The van der Waals surface area contributed by atoms with Crippen molar-refractivity contribution in [2.45, 2.75) is 18.9 Å². The molecule has 0 saturated heterocycles. The van der Waals surface area contributed by atoms with Crippen molar-refractivity contribution in [2.75, 3.05) is 0 Å².